The summed E-state index contributed by atoms with van der Waals surface area (Å²) in [6.07, 6.45) is 2.58. The number of hydrogen-bond acceptors (Lipinski definition) is 4. The van der Waals surface area contributed by atoms with E-state index in [0.29, 0.717) is 6.10 Å². The fourth-order valence-electron chi connectivity index (χ4n) is 0.0962. The summed E-state index contributed by atoms with van der Waals surface area (Å²) >= 11 is 0. The average Bonchev–Trinajstić information content (AvgIpc) is 2.79. The van der Waals surface area contributed by atoms with Crippen molar-refractivity contribution in [1.29, 1.82) is 0 Å². The highest BCUT2D eigenvalue weighted by atomic mass is 16.6. The van der Waals surface area contributed by atoms with Crippen molar-refractivity contribution < 1.29 is 19.4 Å². The van der Waals surface area contributed by atoms with E-state index < -0.39 is 0 Å². The van der Waals surface area contributed by atoms with Gasteiger partial charge in [0.25, 0.3) is 0 Å². The molecule has 1 aliphatic rings. The standard InChI is InChI=1S/C3H6O.C3H6.CO2.CH4O.2CH4/c1-3-2-4-3;1-3-2;2-1-3;1-2;;/h3H,2H2,1H3;3H,1H2,2H3;;2H,1H3;2*1H4/t3-;;;;;/m1...../s1. The predicted molar refractivity (Wildman–Crippen MR) is 57.9 cm³/mol. The van der Waals surface area contributed by atoms with Crippen molar-refractivity contribution in [3.8, 4) is 0 Å². The van der Waals surface area contributed by atoms with Crippen molar-refractivity contribution >= 4 is 6.15 Å². The Balaban J connectivity index is -0.0000000254. The van der Waals surface area contributed by atoms with Crippen LogP contribution in [0.2, 0.25) is 0 Å². The number of aliphatic hydroxyl groups is 1. The minimum absolute atomic E-state index is 0. The van der Waals surface area contributed by atoms with E-state index in [-0.39, 0.29) is 21.0 Å². The molecule has 1 saturated heterocycles. The third-order valence-corrected chi connectivity index (χ3v) is 0.500. The highest BCUT2D eigenvalue weighted by molar-refractivity contribution is 5.20. The molecule has 0 saturated carbocycles. The molecule has 0 bridgehead atoms. The lowest BCUT2D eigenvalue weighted by Crippen LogP contribution is -1.60. The summed E-state index contributed by atoms with van der Waals surface area (Å²) in [5, 5.41) is 7.00. The Morgan fingerprint density at radius 3 is 1.50 bits per heavy atom. The number of allylic oxidation sites excluding steroid dienone is 1. The van der Waals surface area contributed by atoms with Crippen LogP contribution in [-0.4, -0.2) is 31.1 Å². The van der Waals surface area contributed by atoms with Gasteiger partial charge in [0.1, 0.15) is 0 Å². The van der Waals surface area contributed by atoms with Gasteiger partial charge in [-0.3, -0.25) is 0 Å². The molecule has 1 N–H and O–H groups in total. The molecule has 1 atom stereocenters. The van der Waals surface area contributed by atoms with Crippen molar-refractivity contribution in [2.24, 2.45) is 0 Å². The van der Waals surface area contributed by atoms with Gasteiger partial charge in [-0.2, -0.15) is 9.59 Å². The van der Waals surface area contributed by atoms with Crippen LogP contribution >= 0.6 is 0 Å². The summed E-state index contributed by atoms with van der Waals surface area (Å²) in [6, 6.07) is 0. The van der Waals surface area contributed by atoms with E-state index in [1.165, 1.54) is 0 Å². The molecule has 4 nitrogen and oxygen atoms in total. The second kappa shape index (κ2) is 40.2. The van der Waals surface area contributed by atoms with Gasteiger partial charge in [0.2, 0.25) is 0 Å². The molecule has 1 fully saturated rings. The number of hydrogen-bond donors (Lipinski definition) is 1. The molecule has 0 aromatic heterocycles. The Kier molecular flexibility index (Phi) is 84.0. The maximum atomic E-state index is 8.12. The molecule has 88 valence electrons. The quantitative estimate of drug-likeness (QED) is 0.487. The maximum Gasteiger partial charge on any atom is 0.373 e. The predicted octanol–water partition coefficient (Wildman–Crippen LogP) is 1.89. The minimum Gasteiger partial charge on any atom is -0.400 e. The minimum atomic E-state index is 0. The third-order valence-electron chi connectivity index (χ3n) is 0.500. The number of aliphatic hydroxyl groups excluding tert-OH is 1. The van der Waals surface area contributed by atoms with Crippen LogP contribution in [0.1, 0.15) is 28.7 Å². The van der Waals surface area contributed by atoms with Crippen LogP contribution in [0.15, 0.2) is 12.7 Å². The van der Waals surface area contributed by atoms with Crippen LogP contribution < -0.4 is 0 Å². The molecule has 0 unspecified atom stereocenters. The monoisotopic (exact) mass is 208 g/mol. The van der Waals surface area contributed by atoms with E-state index in [1.807, 2.05) is 6.92 Å². The first kappa shape index (κ1) is 29.2. The van der Waals surface area contributed by atoms with Gasteiger partial charge in [-0.25, -0.2) is 0 Å². The van der Waals surface area contributed by atoms with Crippen molar-refractivity contribution in [2.75, 3.05) is 13.7 Å². The summed E-state index contributed by atoms with van der Waals surface area (Å²) in [5.74, 6) is 0. The number of carbonyl (C=O) groups excluding carboxylic acids is 2. The molecule has 4 heteroatoms. The average molecular weight is 208 g/mol. The van der Waals surface area contributed by atoms with Crippen LogP contribution in [-0.2, 0) is 14.3 Å². The lowest BCUT2D eigenvalue weighted by atomic mass is 10.6. The maximum absolute atomic E-state index is 8.12. The van der Waals surface area contributed by atoms with Gasteiger partial charge < -0.3 is 9.84 Å². The summed E-state index contributed by atoms with van der Waals surface area (Å²) in [4.78, 5) is 16.2. The molecule has 0 aromatic carbocycles. The second-order valence-electron chi connectivity index (χ2n) is 1.64. The van der Waals surface area contributed by atoms with Crippen molar-refractivity contribution in [2.45, 2.75) is 34.8 Å². The molecule has 1 rings (SSSR count). The SMILES string of the molecule is C.C.C=CC.CO.C[C@@H]1CO1.O=C=O. The second-order valence-corrected chi connectivity index (χ2v) is 1.64. The van der Waals surface area contributed by atoms with Crippen LogP contribution in [0.4, 0.5) is 0 Å². The molecule has 14 heavy (non-hydrogen) atoms. The van der Waals surface area contributed by atoms with Crippen LogP contribution in [0, 0.1) is 0 Å². The van der Waals surface area contributed by atoms with Gasteiger partial charge in [-0.15, -0.1) is 6.58 Å². The van der Waals surface area contributed by atoms with Crippen LogP contribution in [0.3, 0.4) is 0 Å². The first-order valence-corrected chi connectivity index (χ1v) is 3.35. The fourth-order valence-corrected chi connectivity index (χ4v) is 0.0962. The van der Waals surface area contributed by atoms with Gasteiger partial charge >= 0.3 is 6.15 Å². The molecule has 1 heterocycles. The Morgan fingerprint density at radius 1 is 1.43 bits per heavy atom. The number of rotatable bonds is 0. The molecule has 0 aliphatic carbocycles. The van der Waals surface area contributed by atoms with E-state index in [2.05, 4.69) is 13.5 Å². The highest BCUT2D eigenvalue weighted by Gasteiger charge is 2.13. The highest BCUT2D eigenvalue weighted by Crippen LogP contribution is 2.04. The summed E-state index contributed by atoms with van der Waals surface area (Å²) in [7, 11) is 1.00. The van der Waals surface area contributed by atoms with E-state index in [1.54, 1.807) is 6.08 Å². The largest absolute Gasteiger partial charge is 0.400 e. The Bertz CT molecular complexity index is 103. The topological polar surface area (TPSA) is 66.9 Å². The first-order valence-electron chi connectivity index (χ1n) is 3.35. The third kappa shape index (κ3) is 267. The zero-order valence-corrected chi connectivity index (χ0v) is 7.74. The lowest BCUT2D eigenvalue weighted by molar-refractivity contribution is -0.191. The van der Waals surface area contributed by atoms with E-state index in [4.69, 9.17) is 19.4 Å². The molecule has 0 amide bonds. The fraction of sp³-hybridized carbons (Fsp3) is 0.700. The first-order chi connectivity index (χ1) is 5.72. The van der Waals surface area contributed by atoms with Gasteiger partial charge in [0, 0.05) is 7.11 Å². The Hall–Kier alpha value is -0.960. The smallest absolute Gasteiger partial charge is 0.373 e. The number of epoxide rings is 1. The molecule has 1 aliphatic heterocycles. The van der Waals surface area contributed by atoms with Crippen molar-refractivity contribution in [3.05, 3.63) is 12.7 Å². The van der Waals surface area contributed by atoms with E-state index in [0.717, 1.165) is 13.7 Å². The van der Waals surface area contributed by atoms with Crippen LogP contribution in [0.25, 0.3) is 0 Å². The lowest BCUT2D eigenvalue weighted by Gasteiger charge is -1.50. The van der Waals surface area contributed by atoms with Gasteiger partial charge in [0.15, 0.2) is 0 Å². The molecular weight excluding hydrogens is 184 g/mol. The summed E-state index contributed by atoms with van der Waals surface area (Å²) in [6.45, 7) is 8.29. The van der Waals surface area contributed by atoms with Gasteiger partial charge in [0.05, 0.1) is 12.7 Å². The van der Waals surface area contributed by atoms with E-state index >= 15 is 0 Å². The molecule has 0 radical (unpaired) electrons. The molecule has 0 spiro atoms. The summed E-state index contributed by atoms with van der Waals surface area (Å²) in [5.41, 5.74) is 0. The zero-order valence-electron chi connectivity index (χ0n) is 7.74. The van der Waals surface area contributed by atoms with E-state index in [9.17, 15) is 0 Å². The Labute approximate surface area is 87.6 Å². The zero-order chi connectivity index (χ0) is 10.4. The normalized spacial score (nSPS) is 13.3. The van der Waals surface area contributed by atoms with Crippen LogP contribution in [0.5, 0.6) is 0 Å². The number of ether oxygens (including phenoxy) is 1. The molecule has 0 aromatic rings. The van der Waals surface area contributed by atoms with Gasteiger partial charge in [-0.05, 0) is 13.8 Å². The Morgan fingerprint density at radius 2 is 1.50 bits per heavy atom. The molecular formula is C10H24O4. The summed E-state index contributed by atoms with van der Waals surface area (Å²) < 4.78 is 4.71. The van der Waals surface area contributed by atoms with Crippen molar-refractivity contribution in [1.82, 2.24) is 0 Å². The van der Waals surface area contributed by atoms with Crippen molar-refractivity contribution in [3.63, 3.8) is 0 Å². The van der Waals surface area contributed by atoms with Gasteiger partial charge in [-0.1, -0.05) is 20.9 Å².